The number of rotatable bonds is 11. The Hall–Kier alpha value is -3.32. The molecule has 180 valence electrons. The van der Waals surface area contributed by atoms with E-state index in [-0.39, 0.29) is 18.9 Å². The number of thiophene rings is 1. The lowest BCUT2D eigenvalue weighted by Crippen LogP contribution is -2.15. The number of carbonyl (C=O) groups is 2. The Morgan fingerprint density at radius 3 is 2.29 bits per heavy atom. The van der Waals surface area contributed by atoms with Gasteiger partial charge in [0.2, 0.25) is 5.91 Å². The van der Waals surface area contributed by atoms with Gasteiger partial charge in [-0.3, -0.25) is 4.79 Å². The number of hydrogen-bond acceptors (Lipinski definition) is 6. The van der Waals surface area contributed by atoms with Crippen molar-refractivity contribution >= 4 is 28.2 Å². The first-order valence-corrected chi connectivity index (χ1v) is 12.3. The fraction of sp³-hybridized carbons (Fsp3) is 0.333. The van der Waals surface area contributed by atoms with E-state index in [4.69, 9.17) is 14.2 Å². The number of benzene rings is 2. The third kappa shape index (κ3) is 6.60. The number of amides is 1. The zero-order valence-electron chi connectivity index (χ0n) is 20.1. The van der Waals surface area contributed by atoms with E-state index in [1.165, 1.54) is 16.9 Å². The summed E-state index contributed by atoms with van der Waals surface area (Å²) in [6.45, 7) is 6.73. The highest BCUT2D eigenvalue weighted by molar-refractivity contribution is 7.15. The van der Waals surface area contributed by atoms with E-state index in [9.17, 15) is 9.59 Å². The molecule has 1 amide bonds. The Bertz CT molecular complexity index is 1090. The molecule has 0 unspecified atom stereocenters. The highest BCUT2D eigenvalue weighted by Crippen LogP contribution is 2.37. The highest BCUT2D eigenvalue weighted by atomic mass is 32.1. The molecule has 1 heterocycles. The molecule has 0 saturated carbocycles. The van der Waals surface area contributed by atoms with Crippen molar-refractivity contribution in [2.24, 2.45) is 0 Å². The summed E-state index contributed by atoms with van der Waals surface area (Å²) >= 11 is 1.31. The minimum absolute atomic E-state index is 0.174. The number of esters is 1. The van der Waals surface area contributed by atoms with Crippen molar-refractivity contribution in [3.8, 4) is 22.6 Å². The molecule has 0 aliphatic carbocycles. The summed E-state index contributed by atoms with van der Waals surface area (Å²) < 4.78 is 16.2. The molecule has 3 rings (SSSR count). The normalized spacial score (nSPS) is 10.7. The largest absolute Gasteiger partial charge is 0.497 e. The average molecular weight is 482 g/mol. The molecule has 0 saturated heterocycles. The van der Waals surface area contributed by atoms with Crippen LogP contribution in [0, 0.1) is 0 Å². The minimum atomic E-state index is -0.460. The molecule has 0 aliphatic heterocycles. The van der Waals surface area contributed by atoms with Gasteiger partial charge < -0.3 is 19.5 Å². The van der Waals surface area contributed by atoms with Gasteiger partial charge in [0.05, 0.1) is 20.3 Å². The van der Waals surface area contributed by atoms with Crippen LogP contribution in [0.4, 0.5) is 5.00 Å². The minimum Gasteiger partial charge on any atom is -0.497 e. The second-order valence-corrected chi connectivity index (χ2v) is 8.91. The Balaban J connectivity index is 1.61. The second kappa shape index (κ2) is 12.2. The molecule has 3 aromatic rings. The predicted molar refractivity (Wildman–Crippen MR) is 136 cm³/mol. The SMILES string of the molecule is CCOC(=O)c1c(-c2ccc(OC)cc2)csc1NC(=O)CCCOc1ccc(C(C)C)cc1. The standard InChI is InChI=1S/C27H31NO5S/c1-5-32-27(30)25-23(20-10-12-21(31-4)13-11-20)17-34-26(25)28-24(29)7-6-16-33-22-14-8-19(9-15-22)18(2)3/h8-15,17-18H,5-7,16H2,1-4H3,(H,28,29). The lowest BCUT2D eigenvalue weighted by atomic mass is 10.0. The van der Waals surface area contributed by atoms with Crippen LogP contribution in [-0.2, 0) is 9.53 Å². The summed E-state index contributed by atoms with van der Waals surface area (Å²) in [5, 5.41) is 5.22. The van der Waals surface area contributed by atoms with Crippen molar-refractivity contribution in [3.05, 3.63) is 65.0 Å². The van der Waals surface area contributed by atoms with E-state index in [1.54, 1.807) is 14.0 Å². The summed E-state index contributed by atoms with van der Waals surface area (Å²) in [6.07, 6.45) is 0.839. The van der Waals surface area contributed by atoms with Crippen LogP contribution >= 0.6 is 11.3 Å². The molecular weight excluding hydrogens is 450 g/mol. The molecule has 0 atom stereocenters. The average Bonchev–Trinajstić information content (AvgIpc) is 3.25. The molecule has 0 fully saturated rings. The van der Waals surface area contributed by atoms with E-state index in [0.717, 1.165) is 22.6 Å². The lowest BCUT2D eigenvalue weighted by Gasteiger charge is -2.10. The van der Waals surface area contributed by atoms with Gasteiger partial charge in [-0.15, -0.1) is 11.3 Å². The second-order valence-electron chi connectivity index (χ2n) is 8.03. The number of methoxy groups -OCH3 is 1. The molecule has 1 N–H and O–H groups in total. The van der Waals surface area contributed by atoms with Crippen LogP contribution in [0.25, 0.3) is 11.1 Å². The van der Waals surface area contributed by atoms with E-state index in [2.05, 4.69) is 31.3 Å². The van der Waals surface area contributed by atoms with Crippen molar-refractivity contribution in [1.29, 1.82) is 0 Å². The first kappa shape index (κ1) is 25.3. The molecule has 0 spiro atoms. The van der Waals surface area contributed by atoms with Crippen LogP contribution in [0.3, 0.4) is 0 Å². The van der Waals surface area contributed by atoms with Gasteiger partial charge in [-0.05, 0) is 54.7 Å². The zero-order chi connectivity index (χ0) is 24.5. The fourth-order valence-electron chi connectivity index (χ4n) is 3.40. The highest BCUT2D eigenvalue weighted by Gasteiger charge is 2.22. The molecule has 6 nitrogen and oxygen atoms in total. The zero-order valence-corrected chi connectivity index (χ0v) is 20.9. The van der Waals surface area contributed by atoms with Crippen LogP contribution in [0.2, 0.25) is 0 Å². The molecule has 2 aromatic carbocycles. The van der Waals surface area contributed by atoms with Gasteiger partial charge in [0.1, 0.15) is 22.1 Å². The maximum absolute atomic E-state index is 12.7. The lowest BCUT2D eigenvalue weighted by molar-refractivity contribution is -0.116. The van der Waals surface area contributed by atoms with Crippen LogP contribution < -0.4 is 14.8 Å². The molecule has 0 bridgehead atoms. The summed E-state index contributed by atoms with van der Waals surface area (Å²) in [6, 6.07) is 15.4. The van der Waals surface area contributed by atoms with E-state index < -0.39 is 5.97 Å². The Morgan fingerprint density at radius 1 is 1.00 bits per heavy atom. The molecule has 0 radical (unpaired) electrons. The van der Waals surface area contributed by atoms with Gasteiger partial charge in [-0.25, -0.2) is 4.79 Å². The quantitative estimate of drug-likeness (QED) is 0.249. The van der Waals surface area contributed by atoms with Gasteiger partial charge in [-0.2, -0.15) is 0 Å². The molecule has 0 aliphatic rings. The summed E-state index contributed by atoms with van der Waals surface area (Å²) in [7, 11) is 1.60. The third-order valence-corrected chi connectivity index (χ3v) is 6.18. The number of nitrogens with one attached hydrogen (secondary N) is 1. The summed E-state index contributed by atoms with van der Waals surface area (Å²) in [5.41, 5.74) is 3.19. The molecule has 7 heteroatoms. The Morgan fingerprint density at radius 2 is 1.68 bits per heavy atom. The van der Waals surface area contributed by atoms with Gasteiger partial charge >= 0.3 is 5.97 Å². The van der Waals surface area contributed by atoms with Crippen molar-refractivity contribution in [2.45, 2.75) is 39.5 Å². The maximum atomic E-state index is 12.7. The van der Waals surface area contributed by atoms with Crippen molar-refractivity contribution in [1.82, 2.24) is 0 Å². The third-order valence-electron chi connectivity index (χ3n) is 5.29. The Labute approximate surface area is 204 Å². The van der Waals surface area contributed by atoms with Crippen LogP contribution in [-0.4, -0.2) is 32.2 Å². The van der Waals surface area contributed by atoms with Crippen LogP contribution in [0.1, 0.15) is 55.5 Å². The summed E-state index contributed by atoms with van der Waals surface area (Å²) in [5.74, 6) is 1.35. The van der Waals surface area contributed by atoms with Crippen molar-refractivity contribution in [2.75, 3.05) is 25.6 Å². The van der Waals surface area contributed by atoms with Gasteiger partial charge in [0.15, 0.2) is 0 Å². The van der Waals surface area contributed by atoms with Crippen LogP contribution in [0.5, 0.6) is 11.5 Å². The maximum Gasteiger partial charge on any atom is 0.341 e. The van der Waals surface area contributed by atoms with Gasteiger partial charge in [-0.1, -0.05) is 38.1 Å². The molecule has 1 aromatic heterocycles. The fourth-order valence-corrected chi connectivity index (χ4v) is 4.37. The summed E-state index contributed by atoms with van der Waals surface area (Å²) in [4.78, 5) is 25.3. The topological polar surface area (TPSA) is 73.9 Å². The first-order valence-electron chi connectivity index (χ1n) is 11.4. The number of carbonyl (C=O) groups excluding carboxylic acids is 2. The molecular formula is C27H31NO5S. The molecule has 34 heavy (non-hydrogen) atoms. The number of hydrogen-bond donors (Lipinski definition) is 1. The van der Waals surface area contributed by atoms with E-state index in [1.807, 2.05) is 41.8 Å². The predicted octanol–water partition coefficient (Wildman–Crippen LogP) is 6.52. The smallest absolute Gasteiger partial charge is 0.341 e. The Kier molecular flexibility index (Phi) is 9.10. The monoisotopic (exact) mass is 481 g/mol. The first-order chi connectivity index (χ1) is 16.4. The number of ether oxygens (including phenoxy) is 3. The van der Waals surface area contributed by atoms with Crippen LogP contribution in [0.15, 0.2) is 53.9 Å². The van der Waals surface area contributed by atoms with Crippen molar-refractivity contribution < 1.29 is 23.8 Å². The van der Waals surface area contributed by atoms with Gasteiger partial charge in [0.25, 0.3) is 0 Å². The number of anilines is 1. The van der Waals surface area contributed by atoms with Gasteiger partial charge in [0, 0.05) is 17.4 Å². The van der Waals surface area contributed by atoms with E-state index in [0.29, 0.717) is 29.5 Å². The van der Waals surface area contributed by atoms with Crippen molar-refractivity contribution in [3.63, 3.8) is 0 Å². The van der Waals surface area contributed by atoms with E-state index >= 15 is 0 Å².